The first-order chi connectivity index (χ1) is 7.68. The summed E-state index contributed by atoms with van der Waals surface area (Å²) < 4.78 is 0. The molecule has 0 spiro atoms. The van der Waals surface area contributed by atoms with Gasteiger partial charge in [-0.05, 0) is 50.4 Å². The Hall–Kier alpha value is -1.13. The minimum atomic E-state index is -0.477. The molecular formula is C12H19N3O. The van der Waals surface area contributed by atoms with Crippen LogP contribution in [-0.2, 0) is 0 Å². The maximum absolute atomic E-state index is 10.3. The van der Waals surface area contributed by atoms with Crippen molar-refractivity contribution in [2.45, 2.75) is 25.9 Å². The first kappa shape index (κ1) is 11.4. The van der Waals surface area contributed by atoms with E-state index in [1.54, 1.807) is 6.20 Å². The minimum Gasteiger partial charge on any atom is -0.388 e. The van der Waals surface area contributed by atoms with E-state index in [0.717, 1.165) is 37.1 Å². The molecule has 1 aromatic heterocycles. The summed E-state index contributed by atoms with van der Waals surface area (Å²) in [6, 6.07) is 1.94. The van der Waals surface area contributed by atoms with Gasteiger partial charge in [-0.3, -0.25) is 0 Å². The Labute approximate surface area is 95.9 Å². The first-order valence-corrected chi connectivity index (χ1v) is 5.79. The van der Waals surface area contributed by atoms with Crippen LogP contribution in [0.5, 0.6) is 0 Å². The van der Waals surface area contributed by atoms with E-state index in [4.69, 9.17) is 5.73 Å². The largest absolute Gasteiger partial charge is 0.388 e. The highest BCUT2D eigenvalue weighted by molar-refractivity contribution is 5.42. The van der Waals surface area contributed by atoms with E-state index in [1.165, 1.54) is 0 Å². The van der Waals surface area contributed by atoms with Crippen molar-refractivity contribution in [3.05, 3.63) is 23.4 Å². The number of nitrogens with two attached hydrogens (primary N) is 1. The van der Waals surface area contributed by atoms with Crippen LogP contribution in [0.15, 0.2) is 12.3 Å². The standard InChI is InChI=1S/C12H19N3O/c1-8-6-10(12(13)15-7-8)11(16)9-2-4-14-5-3-9/h6-7,9,11,14,16H,2-5H2,1H3,(H2,13,15). The van der Waals surface area contributed by atoms with Gasteiger partial charge in [0, 0.05) is 11.8 Å². The smallest absolute Gasteiger partial charge is 0.129 e. The third kappa shape index (κ3) is 2.33. The molecule has 4 N–H and O–H groups in total. The molecular weight excluding hydrogens is 202 g/mol. The molecule has 16 heavy (non-hydrogen) atoms. The molecule has 1 aliphatic heterocycles. The second-order valence-electron chi connectivity index (χ2n) is 4.52. The van der Waals surface area contributed by atoms with Crippen LogP contribution in [0.3, 0.4) is 0 Å². The van der Waals surface area contributed by atoms with Gasteiger partial charge >= 0.3 is 0 Å². The van der Waals surface area contributed by atoms with Crippen LogP contribution in [-0.4, -0.2) is 23.2 Å². The lowest BCUT2D eigenvalue weighted by molar-refractivity contribution is 0.0893. The van der Waals surface area contributed by atoms with Crippen molar-refractivity contribution in [3.63, 3.8) is 0 Å². The zero-order valence-corrected chi connectivity index (χ0v) is 9.61. The molecule has 1 aromatic rings. The predicted molar refractivity (Wildman–Crippen MR) is 63.9 cm³/mol. The van der Waals surface area contributed by atoms with Gasteiger partial charge in [-0.25, -0.2) is 4.98 Å². The van der Waals surface area contributed by atoms with Crippen molar-refractivity contribution >= 4 is 5.82 Å². The van der Waals surface area contributed by atoms with E-state index >= 15 is 0 Å². The Morgan fingerprint density at radius 3 is 2.88 bits per heavy atom. The highest BCUT2D eigenvalue weighted by Crippen LogP contribution is 2.31. The monoisotopic (exact) mass is 221 g/mol. The van der Waals surface area contributed by atoms with E-state index in [0.29, 0.717) is 11.7 Å². The lowest BCUT2D eigenvalue weighted by Crippen LogP contribution is -2.31. The van der Waals surface area contributed by atoms with Crippen LogP contribution in [0.1, 0.15) is 30.1 Å². The molecule has 2 rings (SSSR count). The number of nitrogens with zero attached hydrogens (tertiary/aromatic N) is 1. The Balaban J connectivity index is 2.18. The van der Waals surface area contributed by atoms with Gasteiger partial charge in [-0.1, -0.05) is 0 Å². The van der Waals surface area contributed by atoms with Crippen molar-refractivity contribution in [2.75, 3.05) is 18.8 Å². The molecule has 88 valence electrons. The number of nitrogen functional groups attached to an aromatic ring is 1. The van der Waals surface area contributed by atoms with Crippen LogP contribution >= 0.6 is 0 Å². The fourth-order valence-electron chi connectivity index (χ4n) is 2.25. The number of aliphatic hydroxyl groups excluding tert-OH is 1. The third-order valence-electron chi connectivity index (χ3n) is 3.24. The number of aliphatic hydroxyl groups is 1. The number of nitrogens with one attached hydrogen (secondary N) is 1. The fraction of sp³-hybridized carbons (Fsp3) is 0.583. The van der Waals surface area contributed by atoms with E-state index < -0.39 is 6.10 Å². The molecule has 1 saturated heterocycles. The number of hydrogen-bond donors (Lipinski definition) is 3. The fourth-order valence-corrected chi connectivity index (χ4v) is 2.25. The average molecular weight is 221 g/mol. The van der Waals surface area contributed by atoms with Gasteiger partial charge in [-0.2, -0.15) is 0 Å². The van der Waals surface area contributed by atoms with Crippen molar-refractivity contribution in [2.24, 2.45) is 5.92 Å². The molecule has 1 fully saturated rings. The number of aromatic nitrogens is 1. The summed E-state index contributed by atoms with van der Waals surface area (Å²) in [5.74, 6) is 0.754. The number of pyridine rings is 1. The lowest BCUT2D eigenvalue weighted by atomic mass is 9.88. The van der Waals surface area contributed by atoms with Crippen LogP contribution in [0, 0.1) is 12.8 Å². The molecule has 1 unspecified atom stereocenters. The molecule has 0 aromatic carbocycles. The number of rotatable bonds is 2. The van der Waals surface area contributed by atoms with Crippen LogP contribution in [0.4, 0.5) is 5.82 Å². The van der Waals surface area contributed by atoms with E-state index in [1.807, 2.05) is 13.0 Å². The van der Waals surface area contributed by atoms with Gasteiger partial charge in [-0.15, -0.1) is 0 Å². The maximum atomic E-state index is 10.3. The summed E-state index contributed by atoms with van der Waals surface area (Å²) in [7, 11) is 0. The molecule has 2 heterocycles. The van der Waals surface area contributed by atoms with Crippen LogP contribution in [0.25, 0.3) is 0 Å². The zero-order valence-electron chi connectivity index (χ0n) is 9.61. The molecule has 0 bridgehead atoms. The van der Waals surface area contributed by atoms with Gasteiger partial charge in [0.05, 0.1) is 6.10 Å². The van der Waals surface area contributed by atoms with Crippen molar-refractivity contribution < 1.29 is 5.11 Å². The van der Waals surface area contributed by atoms with Crippen molar-refractivity contribution in [1.82, 2.24) is 10.3 Å². The third-order valence-corrected chi connectivity index (χ3v) is 3.24. The summed E-state index contributed by atoms with van der Waals surface area (Å²) in [5, 5.41) is 13.6. The number of aryl methyl sites for hydroxylation is 1. The Kier molecular flexibility index (Phi) is 3.41. The van der Waals surface area contributed by atoms with E-state index in [9.17, 15) is 5.11 Å². The van der Waals surface area contributed by atoms with Crippen LogP contribution < -0.4 is 11.1 Å². The van der Waals surface area contributed by atoms with Crippen molar-refractivity contribution in [1.29, 1.82) is 0 Å². The highest BCUT2D eigenvalue weighted by Gasteiger charge is 2.24. The number of piperidine rings is 1. The van der Waals surface area contributed by atoms with Gasteiger partial charge in [0.2, 0.25) is 0 Å². The van der Waals surface area contributed by atoms with Crippen LogP contribution in [0.2, 0.25) is 0 Å². The Morgan fingerprint density at radius 2 is 2.19 bits per heavy atom. The Bertz CT molecular complexity index is 361. The van der Waals surface area contributed by atoms with Gasteiger partial charge in [0.15, 0.2) is 0 Å². The number of hydrogen-bond acceptors (Lipinski definition) is 4. The second-order valence-corrected chi connectivity index (χ2v) is 4.52. The average Bonchev–Trinajstić information content (AvgIpc) is 2.32. The predicted octanol–water partition coefficient (Wildman–Crippen LogP) is 1.01. The van der Waals surface area contributed by atoms with Crippen molar-refractivity contribution in [3.8, 4) is 0 Å². The normalized spacial score (nSPS) is 19.6. The molecule has 0 radical (unpaired) electrons. The molecule has 0 aliphatic carbocycles. The molecule has 4 nitrogen and oxygen atoms in total. The van der Waals surface area contributed by atoms with Gasteiger partial charge in [0.1, 0.15) is 5.82 Å². The molecule has 4 heteroatoms. The molecule has 1 atom stereocenters. The second kappa shape index (κ2) is 4.80. The topological polar surface area (TPSA) is 71.2 Å². The SMILES string of the molecule is Cc1cnc(N)c(C(O)C2CCNCC2)c1. The zero-order chi connectivity index (χ0) is 11.5. The highest BCUT2D eigenvalue weighted by atomic mass is 16.3. The summed E-state index contributed by atoms with van der Waals surface area (Å²) in [4.78, 5) is 4.10. The van der Waals surface area contributed by atoms with E-state index in [2.05, 4.69) is 10.3 Å². The lowest BCUT2D eigenvalue weighted by Gasteiger charge is -2.28. The maximum Gasteiger partial charge on any atom is 0.129 e. The minimum absolute atomic E-state index is 0.298. The summed E-state index contributed by atoms with van der Waals surface area (Å²) >= 11 is 0. The molecule has 0 amide bonds. The summed E-state index contributed by atoms with van der Waals surface area (Å²) in [6.07, 6.45) is 3.24. The Morgan fingerprint density at radius 1 is 1.50 bits per heavy atom. The van der Waals surface area contributed by atoms with E-state index in [-0.39, 0.29) is 0 Å². The summed E-state index contributed by atoms with van der Waals surface area (Å²) in [5.41, 5.74) is 7.63. The molecule has 1 aliphatic rings. The number of anilines is 1. The summed E-state index contributed by atoms with van der Waals surface area (Å²) in [6.45, 7) is 3.91. The van der Waals surface area contributed by atoms with Gasteiger partial charge < -0.3 is 16.2 Å². The van der Waals surface area contributed by atoms with Gasteiger partial charge in [0.25, 0.3) is 0 Å². The quantitative estimate of drug-likeness (QED) is 0.697. The first-order valence-electron chi connectivity index (χ1n) is 5.79. The molecule has 0 saturated carbocycles.